The summed E-state index contributed by atoms with van der Waals surface area (Å²) in [7, 11) is -20.3. The van der Waals surface area contributed by atoms with Crippen molar-refractivity contribution in [3.05, 3.63) is 137 Å². The van der Waals surface area contributed by atoms with Crippen molar-refractivity contribution in [2.45, 2.75) is 56.7 Å². The van der Waals surface area contributed by atoms with Crippen LogP contribution in [0.5, 0.6) is 23.0 Å². The van der Waals surface area contributed by atoms with Gasteiger partial charge in [0.25, 0.3) is 50.6 Å². The molecular formula is C56H56N10O20S5. The molecule has 0 atom stereocenters. The number of azo groups is 4. The Hall–Kier alpha value is -9.04. The van der Waals surface area contributed by atoms with E-state index >= 15 is 0 Å². The quantitative estimate of drug-likeness (QED) is 0.0159. The number of ether oxygens (including phenoxy) is 4. The molecule has 480 valence electrons. The van der Waals surface area contributed by atoms with Crippen molar-refractivity contribution in [2.24, 2.45) is 40.9 Å². The van der Waals surface area contributed by atoms with Gasteiger partial charge in [0.1, 0.15) is 39.3 Å². The van der Waals surface area contributed by atoms with Crippen molar-refractivity contribution >= 4 is 129 Å². The lowest BCUT2D eigenvalue weighted by Crippen LogP contribution is -2.20. The average Bonchev–Trinajstić information content (AvgIpc) is 1.19. The standard InChI is InChI=1S/C56H56N10O20S5/c1-31-19-46(50(83-5)27-42(31)63-65-48-21-33(3)44(29-52(48)85-15-7-17-87(68,69)70)61-59-37-12-9-35-11-14-54(40(35)24-37)90(77,78)79)57-56(67)58-47-20-32(2)43(28-51(47)84-6)64-66-49-22-34(4)45(30-53(49)86-16-8-18-88(71,72)73)62-60-38-13-10-36-23-39(89(74,75)76)26-55(41(36)25-38)91(80,81)82/h9-10,12-14,19-30H,7-8,11,15-18H2,1-6H3,(H2,57,58,67)(H,68,69,70)(H,71,72,73)(H,74,75,76)(H,77,78,79)(H,80,81,82)/b61-59+,62-60+,65-63-,66-64-. The molecule has 2 amide bonds. The van der Waals surface area contributed by atoms with Gasteiger partial charge in [-0.05, 0) is 141 Å². The van der Waals surface area contributed by atoms with E-state index in [2.05, 4.69) is 51.5 Å². The van der Waals surface area contributed by atoms with Crippen LogP contribution in [0.2, 0.25) is 0 Å². The third kappa shape index (κ3) is 17.9. The number of fused-ring (bicyclic) bond motifs is 2. The van der Waals surface area contributed by atoms with Gasteiger partial charge in [0.05, 0.1) is 94.2 Å². The Labute approximate surface area is 521 Å². The van der Waals surface area contributed by atoms with Crippen LogP contribution in [0.15, 0.2) is 154 Å². The molecule has 7 N–H and O–H groups in total. The minimum atomic E-state index is -5.01. The number of carbonyl (C=O) groups is 1. The number of rotatable bonds is 25. The van der Waals surface area contributed by atoms with Gasteiger partial charge >= 0.3 is 6.03 Å². The van der Waals surface area contributed by atoms with Gasteiger partial charge in [-0.15, -0.1) is 10.2 Å². The Morgan fingerprint density at radius 3 is 1.34 bits per heavy atom. The molecule has 0 aromatic heterocycles. The number of carbonyl (C=O) groups excluding carboxylic acids is 1. The van der Waals surface area contributed by atoms with Gasteiger partial charge in [-0.25, -0.2) is 4.79 Å². The molecule has 0 saturated carbocycles. The van der Waals surface area contributed by atoms with Gasteiger partial charge in [0, 0.05) is 35.2 Å². The van der Waals surface area contributed by atoms with E-state index in [0.717, 1.165) is 6.07 Å². The lowest BCUT2D eigenvalue weighted by molar-refractivity contribution is 0.262. The fraction of sp³-hybridized carbons (Fsp3) is 0.232. The first-order valence-electron chi connectivity index (χ1n) is 26.6. The first-order chi connectivity index (χ1) is 42.7. The minimum absolute atomic E-state index is 0.0228. The van der Waals surface area contributed by atoms with E-state index in [1.54, 1.807) is 58.0 Å². The zero-order chi connectivity index (χ0) is 66.4. The van der Waals surface area contributed by atoms with E-state index in [1.807, 2.05) is 0 Å². The molecule has 0 radical (unpaired) electrons. The maximum atomic E-state index is 13.7. The maximum absolute atomic E-state index is 13.7. The lowest BCUT2D eigenvalue weighted by atomic mass is 10.1. The second kappa shape index (κ2) is 27.6. The Morgan fingerprint density at radius 1 is 0.473 bits per heavy atom. The first-order valence-corrected chi connectivity index (χ1v) is 34.1. The van der Waals surface area contributed by atoms with E-state index in [1.165, 1.54) is 74.9 Å². The van der Waals surface area contributed by atoms with Crippen LogP contribution in [-0.4, -0.2) is 110 Å². The third-order valence-corrected chi connectivity index (χ3v) is 17.6. The zero-order valence-corrected chi connectivity index (χ0v) is 52.8. The fourth-order valence-corrected chi connectivity index (χ4v) is 12.0. The number of aryl methyl sites for hydroxylation is 4. The molecule has 8 rings (SSSR count). The van der Waals surface area contributed by atoms with Crippen LogP contribution in [0.25, 0.3) is 15.7 Å². The van der Waals surface area contributed by atoms with E-state index < -0.39 is 77.9 Å². The molecule has 0 bridgehead atoms. The maximum Gasteiger partial charge on any atom is 0.323 e. The van der Waals surface area contributed by atoms with Gasteiger partial charge in [-0.1, -0.05) is 18.2 Å². The molecule has 7 aromatic carbocycles. The molecule has 7 aromatic rings. The highest BCUT2D eigenvalue weighted by Gasteiger charge is 2.25. The van der Waals surface area contributed by atoms with Gasteiger partial charge in [-0.2, -0.15) is 72.8 Å². The summed E-state index contributed by atoms with van der Waals surface area (Å²) in [5.41, 5.74) is 5.10. The summed E-state index contributed by atoms with van der Waals surface area (Å²) >= 11 is 0. The van der Waals surface area contributed by atoms with Crippen LogP contribution in [0, 0.1) is 27.7 Å². The molecule has 0 aliphatic heterocycles. The number of urea groups is 1. The summed E-state index contributed by atoms with van der Waals surface area (Å²) in [6.07, 6.45) is 1.47. The highest BCUT2D eigenvalue weighted by molar-refractivity contribution is 7.95. The number of allylic oxidation sites excluding steroid dienone is 1. The zero-order valence-electron chi connectivity index (χ0n) is 48.7. The number of methoxy groups -OCH3 is 2. The molecule has 91 heavy (non-hydrogen) atoms. The molecule has 35 heteroatoms. The van der Waals surface area contributed by atoms with Crippen LogP contribution in [0.3, 0.4) is 0 Å². The first kappa shape index (κ1) is 67.9. The highest BCUT2D eigenvalue weighted by atomic mass is 32.2. The van der Waals surface area contributed by atoms with E-state index in [-0.39, 0.29) is 110 Å². The number of nitrogens with one attached hydrogen (secondary N) is 2. The van der Waals surface area contributed by atoms with Gasteiger partial charge in [0.15, 0.2) is 0 Å². The second-order valence-electron chi connectivity index (χ2n) is 20.1. The highest BCUT2D eigenvalue weighted by Crippen LogP contribution is 2.43. The van der Waals surface area contributed by atoms with Crippen LogP contribution in [0.1, 0.15) is 46.2 Å². The van der Waals surface area contributed by atoms with Gasteiger partial charge < -0.3 is 29.6 Å². The average molecular weight is 1350 g/mol. The second-order valence-corrected chi connectivity index (χ2v) is 27.5. The third-order valence-electron chi connectivity index (χ3n) is 13.4. The predicted octanol–water partition coefficient (Wildman–Crippen LogP) is 13.0. The van der Waals surface area contributed by atoms with Crippen molar-refractivity contribution in [1.82, 2.24) is 0 Å². The molecule has 1 aliphatic rings. The Bertz CT molecular complexity index is 4830. The summed E-state index contributed by atoms with van der Waals surface area (Å²) in [6.45, 7) is 6.33. The van der Waals surface area contributed by atoms with Crippen LogP contribution >= 0.6 is 0 Å². The van der Waals surface area contributed by atoms with Crippen molar-refractivity contribution < 1.29 is 88.6 Å². The van der Waals surface area contributed by atoms with Crippen LogP contribution < -0.4 is 29.6 Å². The smallest absolute Gasteiger partial charge is 0.323 e. The number of hydrogen-bond acceptors (Lipinski definition) is 23. The number of benzene rings is 7. The number of hydrogen-bond donors (Lipinski definition) is 7. The van der Waals surface area contributed by atoms with Crippen molar-refractivity contribution in [3.8, 4) is 23.0 Å². The molecule has 0 saturated heterocycles. The molecule has 0 fully saturated rings. The lowest BCUT2D eigenvalue weighted by Gasteiger charge is -2.15. The predicted molar refractivity (Wildman–Crippen MR) is 333 cm³/mol. The topological polar surface area (TPSA) is 449 Å². The summed E-state index contributed by atoms with van der Waals surface area (Å²) in [6, 6.07) is 21.7. The Morgan fingerprint density at radius 2 is 0.901 bits per heavy atom. The van der Waals surface area contributed by atoms with Crippen LogP contribution in [-0.2, 0) is 57.0 Å². The number of anilines is 2. The van der Waals surface area contributed by atoms with Gasteiger partial charge in [0.2, 0.25) is 0 Å². The fourth-order valence-electron chi connectivity index (χ4n) is 8.89. The molecule has 1 aliphatic carbocycles. The normalized spacial score (nSPS) is 13.2. The van der Waals surface area contributed by atoms with E-state index in [4.69, 9.17) is 18.9 Å². The SMILES string of the molecule is COc1cc(/N=N\c2cc(C)c(/N=N/c3ccc4c(c3)C(S(=O)(=O)O)=CC4)cc2OCCCS(=O)(=O)O)c(C)cc1NC(=O)Nc1cc(C)c(/N=N\c2cc(C)c(/N=N/c3ccc4cc(S(=O)(=O)O)cc(S(=O)(=O)O)c4c3)cc2OCCCS(=O)(=O)O)cc1OC. The summed E-state index contributed by atoms with van der Waals surface area (Å²) in [5.74, 6) is -0.738. The minimum Gasteiger partial charge on any atom is -0.494 e. The molecule has 0 heterocycles. The largest absolute Gasteiger partial charge is 0.494 e. The monoisotopic (exact) mass is 1350 g/mol. The van der Waals surface area contributed by atoms with Crippen molar-refractivity contribution in [3.63, 3.8) is 0 Å². The van der Waals surface area contributed by atoms with E-state index in [0.29, 0.717) is 57.2 Å². The molecular weight excluding hydrogens is 1290 g/mol. The molecule has 0 spiro atoms. The number of amides is 2. The van der Waals surface area contributed by atoms with E-state index in [9.17, 15) is 69.6 Å². The summed E-state index contributed by atoms with van der Waals surface area (Å²) < 4.78 is 189. The van der Waals surface area contributed by atoms with Crippen molar-refractivity contribution in [2.75, 3.05) is 49.6 Å². The molecule has 0 unspecified atom stereocenters. The van der Waals surface area contributed by atoms with Crippen molar-refractivity contribution in [1.29, 1.82) is 0 Å². The van der Waals surface area contributed by atoms with Crippen LogP contribution in [0.4, 0.5) is 61.7 Å². The Kier molecular flexibility index (Phi) is 20.6. The Balaban J connectivity index is 0.999. The molecule has 30 nitrogen and oxygen atoms in total. The number of nitrogens with zero attached hydrogens (tertiary/aromatic N) is 8. The van der Waals surface area contributed by atoms with Gasteiger partial charge in [-0.3, -0.25) is 22.8 Å². The summed E-state index contributed by atoms with van der Waals surface area (Å²) in [4.78, 5) is 11.9. The summed E-state index contributed by atoms with van der Waals surface area (Å²) in [5, 5.41) is 40.1.